The smallest absolute Gasteiger partial charge is 0.265 e. The molecule has 3 rings (SSSR count). The molecule has 3 heteroatoms. The molecule has 0 aromatic heterocycles. The number of fused-ring (bicyclic) bond motifs is 1. The summed E-state index contributed by atoms with van der Waals surface area (Å²) >= 11 is 0. The normalized spacial score (nSPS) is 14.6. The number of ether oxygens (including phenoxy) is 1. The molecular formula is C21H25NO2. The Kier molecular flexibility index (Phi) is 4.89. The third kappa shape index (κ3) is 3.61. The summed E-state index contributed by atoms with van der Waals surface area (Å²) in [7, 11) is 0. The molecule has 0 saturated carbocycles. The van der Waals surface area contributed by atoms with Gasteiger partial charge in [-0.1, -0.05) is 18.2 Å². The molecule has 1 aliphatic carbocycles. The highest BCUT2D eigenvalue weighted by Crippen LogP contribution is 2.26. The van der Waals surface area contributed by atoms with E-state index in [1.807, 2.05) is 38.1 Å². The molecule has 1 N–H and O–H groups in total. The fraction of sp³-hybridized carbons (Fsp3) is 0.381. The second-order valence-corrected chi connectivity index (χ2v) is 6.63. The van der Waals surface area contributed by atoms with E-state index in [-0.39, 0.29) is 5.91 Å². The largest absolute Gasteiger partial charge is 0.481 e. The predicted octanol–water partition coefficient (Wildman–Crippen LogP) is 4.59. The Balaban J connectivity index is 1.67. The Hall–Kier alpha value is -2.29. The first kappa shape index (κ1) is 16.6. The lowest BCUT2D eigenvalue weighted by Crippen LogP contribution is -2.30. The van der Waals surface area contributed by atoms with Gasteiger partial charge < -0.3 is 10.1 Å². The van der Waals surface area contributed by atoms with E-state index in [4.69, 9.17) is 4.74 Å². The first-order chi connectivity index (χ1) is 11.5. The van der Waals surface area contributed by atoms with Crippen LogP contribution in [0.1, 0.15) is 42.0 Å². The number of amides is 1. The van der Waals surface area contributed by atoms with E-state index in [9.17, 15) is 4.79 Å². The third-order valence-corrected chi connectivity index (χ3v) is 4.86. The van der Waals surface area contributed by atoms with Gasteiger partial charge in [0, 0.05) is 5.69 Å². The number of hydrogen-bond donors (Lipinski definition) is 1. The van der Waals surface area contributed by atoms with E-state index in [0.29, 0.717) is 0 Å². The van der Waals surface area contributed by atoms with Crippen LogP contribution in [0, 0.1) is 13.8 Å². The van der Waals surface area contributed by atoms with E-state index >= 15 is 0 Å². The van der Waals surface area contributed by atoms with Gasteiger partial charge in [-0.3, -0.25) is 4.79 Å². The van der Waals surface area contributed by atoms with Crippen LogP contribution in [-0.2, 0) is 17.6 Å². The summed E-state index contributed by atoms with van der Waals surface area (Å²) in [5.74, 6) is 0.653. The van der Waals surface area contributed by atoms with Gasteiger partial charge in [-0.15, -0.1) is 0 Å². The Bertz CT molecular complexity index is 751. The van der Waals surface area contributed by atoms with Crippen LogP contribution in [0.5, 0.6) is 5.75 Å². The quantitative estimate of drug-likeness (QED) is 0.894. The van der Waals surface area contributed by atoms with Crippen LogP contribution in [0.15, 0.2) is 36.4 Å². The zero-order chi connectivity index (χ0) is 17.1. The lowest BCUT2D eigenvalue weighted by atomic mass is 9.92. The number of carbonyl (C=O) groups excluding carboxylic acids is 1. The Morgan fingerprint density at radius 3 is 2.62 bits per heavy atom. The maximum absolute atomic E-state index is 12.4. The molecule has 2 aromatic carbocycles. The van der Waals surface area contributed by atoms with E-state index in [1.54, 1.807) is 6.92 Å². The standard InChI is InChI=1S/C21H25NO2/c1-14-7-6-10-20(15(14)2)22-21(23)16(3)24-19-12-11-17-8-4-5-9-18(17)13-19/h6-7,10-13,16H,4-5,8-9H2,1-3H3,(H,22,23)/t16-/m1/s1. The summed E-state index contributed by atoms with van der Waals surface area (Å²) in [6.45, 7) is 5.85. The van der Waals surface area contributed by atoms with E-state index in [0.717, 1.165) is 35.4 Å². The number of hydrogen-bond acceptors (Lipinski definition) is 2. The molecule has 0 spiro atoms. The van der Waals surface area contributed by atoms with Gasteiger partial charge in [0.1, 0.15) is 5.75 Å². The topological polar surface area (TPSA) is 38.3 Å². The molecule has 0 saturated heterocycles. The van der Waals surface area contributed by atoms with Crippen molar-refractivity contribution in [3.63, 3.8) is 0 Å². The monoisotopic (exact) mass is 323 g/mol. The van der Waals surface area contributed by atoms with Crippen LogP contribution in [-0.4, -0.2) is 12.0 Å². The Labute approximate surface area is 144 Å². The van der Waals surface area contributed by atoms with Crippen molar-refractivity contribution in [3.05, 3.63) is 58.7 Å². The molecule has 0 fully saturated rings. The number of carbonyl (C=O) groups is 1. The summed E-state index contributed by atoms with van der Waals surface area (Å²) in [5, 5.41) is 2.97. The van der Waals surface area contributed by atoms with E-state index in [1.165, 1.54) is 24.0 Å². The third-order valence-electron chi connectivity index (χ3n) is 4.86. The number of rotatable bonds is 4. The molecule has 2 aromatic rings. The highest BCUT2D eigenvalue weighted by Gasteiger charge is 2.17. The highest BCUT2D eigenvalue weighted by atomic mass is 16.5. The fourth-order valence-electron chi connectivity index (χ4n) is 3.16. The molecule has 1 atom stereocenters. The van der Waals surface area contributed by atoms with Crippen LogP contribution in [0.25, 0.3) is 0 Å². The van der Waals surface area contributed by atoms with Crippen LogP contribution in [0.2, 0.25) is 0 Å². The molecule has 0 heterocycles. The van der Waals surface area contributed by atoms with Gasteiger partial charge in [-0.2, -0.15) is 0 Å². The average Bonchev–Trinajstić information content (AvgIpc) is 2.58. The molecule has 0 bridgehead atoms. The minimum atomic E-state index is -0.536. The SMILES string of the molecule is Cc1cccc(NC(=O)[C@@H](C)Oc2ccc3c(c2)CCCC3)c1C. The highest BCUT2D eigenvalue weighted by molar-refractivity contribution is 5.94. The molecule has 126 valence electrons. The summed E-state index contributed by atoms with van der Waals surface area (Å²) in [6, 6.07) is 12.1. The summed E-state index contributed by atoms with van der Waals surface area (Å²) in [4.78, 5) is 12.4. The Morgan fingerprint density at radius 2 is 1.83 bits per heavy atom. The maximum atomic E-state index is 12.4. The van der Waals surface area contributed by atoms with Crippen LogP contribution >= 0.6 is 0 Å². The fourth-order valence-corrected chi connectivity index (χ4v) is 3.16. The Morgan fingerprint density at radius 1 is 1.08 bits per heavy atom. The number of aryl methyl sites for hydroxylation is 3. The lowest BCUT2D eigenvalue weighted by molar-refractivity contribution is -0.122. The molecule has 24 heavy (non-hydrogen) atoms. The minimum Gasteiger partial charge on any atom is -0.481 e. The van der Waals surface area contributed by atoms with Crippen LogP contribution < -0.4 is 10.1 Å². The van der Waals surface area contributed by atoms with Gasteiger partial charge in [0.25, 0.3) is 5.91 Å². The van der Waals surface area contributed by atoms with Crippen molar-refractivity contribution in [2.75, 3.05) is 5.32 Å². The van der Waals surface area contributed by atoms with E-state index < -0.39 is 6.10 Å². The van der Waals surface area contributed by atoms with Crippen molar-refractivity contribution in [1.82, 2.24) is 0 Å². The number of benzene rings is 2. The predicted molar refractivity (Wildman–Crippen MR) is 97.7 cm³/mol. The molecule has 1 amide bonds. The molecular weight excluding hydrogens is 298 g/mol. The maximum Gasteiger partial charge on any atom is 0.265 e. The summed E-state index contributed by atoms with van der Waals surface area (Å²) < 4.78 is 5.87. The van der Waals surface area contributed by atoms with E-state index in [2.05, 4.69) is 17.4 Å². The molecule has 0 radical (unpaired) electrons. The second-order valence-electron chi connectivity index (χ2n) is 6.63. The number of nitrogens with one attached hydrogen (secondary N) is 1. The minimum absolute atomic E-state index is 0.124. The van der Waals surface area contributed by atoms with Gasteiger partial charge in [0.05, 0.1) is 0 Å². The van der Waals surface area contributed by atoms with Crippen molar-refractivity contribution in [2.45, 2.75) is 52.6 Å². The first-order valence-electron chi connectivity index (χ1n) is 8.70. The molecule has 0 unspecified atom stereocenters. The summed E-state index contributed by atoms with van der Waals surface area (Å²) in [5.41, 5.74) is 5.88. The van der Waals surface area contributed by atoms with Crippen molar-refractivity contribution in [3.8, 4) is 5.75 Å². The van der Waals surface area contributed by atoms with Gasteiger partial charge in [-0.25, -0.2) is 0 Å². The van der Waals surface area contributed by atoms with Gasteiger partial charge >= 0.3 is 0 Å². The van der Waals surface area contributed by atoms with Crippen molar-refractivity contribution in [2.24, 2.45) is 0 Å². The van der Waals surface area contributed by atoms with Gasteiger partial charge in [-0.05, 0) is 86.9 Å². The summed E-state index contributed by atoms with van der Waals surface area (Å²) in [6.07, 6.45) is 4.22. The van der Waals surface area contributed by atoms with Crippen molar-refractivity contribution >= 4 is 11.6 Å². The van der Waals surface area contributed by atoms with Crippen molar-refractivity contribution in [1.29, 1.82) is 0 Å². The lowest BCUT2D eigenvalue weighted by Gasteiger charge is -2.19. The van der Waals surface area contributed by atoms with Crippen LogP contribution in [0.4, 0.5) is 5.69 Å². The van der Waals surface area contributed by atoms with Gasteiger partial charge in [0.2, 0.25) is 0 Å². The van der Waals surface area contributed by atoms with Crippen molar-refractivity contribution < 1.29 is 9.53 Å². The first-order valence-corrected chi connectivity index (χ1v) is 8.70. The van der Waals surface area contributed by atoms with Crippen LogP contribution in [0.3, 0.4) is 0 Å². The molecule has 0 aliphatic heterocycles. The zero-order valence-electron chi connectivity index (χ0n) is 14.7. The zero-order valence-corrected chi connectivity index (χ0v) is 14.7. The second kappa shape index (κ2) is 7.08. The average molecular weight is 323 g/mol. The number of anilines is 1. The van der Waals surface area contributed by atoms with Gasteiger partial charge in [0.15, 0.2) is 6.10 Å². The molecule has 1 aliphatic rings. The molecule has 3 nitrogen and oxygen atoms in total.